The van der Waals surface area contributed by atoms with Crippen LogP contribution in [0.5, 0.6) is 0 Å². The van der Waals surface area contributed by atoms with Gasteiger partial charge in [0.05, 0.1) is 5.92 Å². The highest BCUT2D eigenvalue weighted by Gasteiger charge is 2.26. The number of hydrogen-bond acceptors (Lipinski definition) is 2. The summed E-state index contributed by atoms with van der Waals surface area (Å²) < 4.78 is 0. The second kappa shape index (κ2) is 8.79. The van der Waals surface area contributed by atoms with Crippen molar-refractivity contribution in [3.63, 3.8) is 0 Å². The van der Waals surface area contributed by atoms with Crippen molar-refractivity contribution in [3.8, 4) is 0 Å². The van der Waals surface area contributed by atoms with Crippen molar-refractivity contribution in [2.75, 3.05) is 6.54 Å². The van der Waals surface area contributed by atoms with Gasteiger partial charge in [-0.2, -0.15) is 0 Å². The van der Waals surface area contributed by atoms with Crippen LogP contribution in [0.1, 0.15) is 45.6 Å². The Balaban J connectivity index is 2.78. The van der Waals surface area contributed by atoms with Crippen LogP contribution in [0.3, 0.4) is 0 Å². The number of benzene rings is 1. The van der Waals surface area contributed by atoms with E-state index in [1.165, 1.54) is 0 Å². The van der Waals surface area contributed by atoms with Crippen LogP contribution in [0.4, 0.5) is 0 Å². The summed E-state index contributed by atoms with van der Waals surface area (Å²) in [6.45, 7) is 8.27. The third-order valence-electron chi connectivity index (χ3n) is 3.48. The molecule has 0 spiro atoms. The maximum Gasteiger partial charge on any atom is 0.242 e. The first kappa shape index (κ1) is 18.5. The number of carbonyl (C=O) groups excluding carboxylic acids is 2. The van der Waals surface area contributed by atoms with Crippen LogP contribution in [-0.2, 0) is 9.59 Å². The smallest absolute Gasteiger partial charge is 0.242 e. The maximum absolute atomic E-state index is 12.5. The minimum Gasteiger partial charge on any atom is -0.354 e. The molecular formula is C17H25ClN2O2. The van der Waals surface area contributed by atoms with Crippen LogP contribution in [0.15, 0.2) is 24.3 Å². The van der Waals surface area contributed by atoms with Gasteiger partial charge in [0.25, 0.3) is 0 Å². The van der Waals surface area contributed by atoms with Crippen molar-refractivity contribution in [2.45, 2.75) is 46.1 Å². The first-order valence-electron chi connectivity index (χ1n) is 7.70. The molecule has 0 aromatic heterocycles. The van der Waals surface area contributed by atoms with Crippen LogP contribution in [-0.4, -0.2) is 24.4 Å². The van der Waals surface area contributed by atoms with Crippen molar-refractivity contribution < 1.29 is 9.59 Å². The summed E-state index contributed by atoms with van der Waals surface area (Å²) >= 11 is 5.90. The van der Waals surface area contributed by atoms with Crippen molar-refractivity contribution in [3.05, 3.63) is 34.9 Å². The van der Waals surface area contributed by atoms with Crippen LogP contribution in [0.25, 0.3) is 0 Å². The standard InChI is InChI=1S/C17H25ClN2O2/c1-5-10-19-16(21)12(4)20-17(22)15(11(2)3)13-6-8-14(18)9-7-13/h6-9,11-12,15H,5,10H2,1-4H3,(H,19,21)(H,20,22)/t12-,15-/m1/s1. The summed E-state index contributed by atoms with van der Waals surface area (Å²) in [5.41, 5.74) is 0.901. The molecular weight excluding hydrogens is 300 g/mol. The summed E-state index contributed by atoms with van der Waals surface area (Å²) in [6, 6.07) is 6.71. The van der Waals surface area contributed by atoms with E-state index < -0.39 is 6.04 Å². The summed E-state index contributed by atoms with van der Waals surface area (Å²) in [6.07, 6.45) is 0.867. The molecule has 5 heteroatoms. The van der Waals surface area contributed by atoms with Gasteiger partial charge in [-0.3, -0.25) is 9.59 Å². The van der Waals surface area contributed by atoms with Crippen molar-refractivity contribution in [1.29, 1.82) is 0 Å². The zero-order valence-corrected chi connectivity index (χ0v) is 14.4. The predicted molar refractivity (Wildman–Crippen MR) is 89.9 cm³/mol. The largest absolute Gasteiger partial charge is 0.354 e. The molecule has 4 nitrogen and oxygen atoms in total. The van der Waals surface area contributed by atoms with E-state index in [2.05, 4.69) is 10.6 Å². The molecule has 0 aliphatic heterocycles. The highest BCUT2D eigenvalue weighted by atomic mass is 35.5. The second-order valence-corrected chi connectivity index (χ2v) is 6.23. The quantitative estimate of drug-likeness (QED) is 0.809. The van der Waals surface area contributed by atoms with E-state index >= 15 is 0 Å². The molecule has 0 radical (unpaired) electrons. The Morgan fingerprint density at radius 1 is 1.09 bits per heavy atom. The van der Waals surface area contributed by atoms with Gasteiger partial charge in [-0.25, -0.2) is 0 Å². The van der Waals surface area contributed by atoms with Gasteiger partial charge in [0.15, 0.2) is 0 Å². The van der Waals surface area contributed by atoms with Gasteiger partial charge >= 0.3 is 0 Å². The van der Waals surface area contributed by atoms with Gasteiger partial charge in [0.2, 0.25) is 11.8 Å². The highest BCUT2D eigenvalue weighted by molar-refractivity contribution is 6.30. The Morgan fingerprint density at radius 2 is 1.68 bits per heavy atom. The van der Waals surface area contributed by atoms with Crippen LogP contribution in [0, 0.1) is 5.92 Å². The van der Waals surface area contributed by atoms with Gasteiger partial charge in [0, 0.05) is 11.6 Å². The fraction of sp³-hybridized carbons (Fsp3) is 0.529. The topological polar surface area (TPSA) is 58.2 Å². The lowest BCUT2D eigenvalue weighted by molar-refractivity contribution is -0.129. The number of nitrogens with one attached hydrogen (secondary N) is 2. The summed E-state index contributed by atoms with van der Waals surface area (Å²) in [4.78, 5) is 24.4. The monoisotopic (exact) mass is 324 g/mol. The Bertz CT molecular complexity index is 500. The highest BCUT2D eigenvalue weighted by Crippen LogP contribution is 2.26. The zero-order valence-electron chi connectivity index (χ0n) is 13.7. The molecule has 122 valence electrons. The number of hydrogen-bond donors (Lipinski definition) is 2. The van der Waals surface area contributed by atoms with Crippen molar-refractivity contribution in [2.24, 2.45) is 5.92 Å². The van der Waals surface area contributed by atoms with E-state index in [9.17, 15) is 9.59 Å². The molecule has 0 unspecified atom stereocenters. The molecule has 1 rings (SSSR count). The van der Waals surface area contributed by atoms with Crippen LogP contribution >= 0.6 is 11.6 Å². The summed E-state index contributed by atoms with van der Waals surface area (Å²) in [5.74, 6) is -0.490. The third-order valence-corrected chi connectivity index (χ3v) is 3.73. The SMILES string of the molecule is CCCNC(=O)[C@@H](C)NC(=O)[C@@H](c1ccc(Cl)cc1)C(C)C. The molecule has 0 saturated carbocycles. The zero-order chi connectivity index (χ0) is 16.7. The van der Waals surface area contributed by atoms with Crippen molar-refractivity contribution in [1.82, 2.24) is 10.6 Å². The van der Waals surface area contributed by atoms with Gasteiger partial charge in [-0.1, -0.05) is 44.5 Å². The normalized spacial score (nSPS) is 13.5. The van der Waals surface area contributed by atoms with E-state index in [1.807, 2.05) is 32.9 Å². The first-order chi connectivity index (χ1) is 10.4. The van der Waals surface area contributed by atoms with E-state index in [1.54, 1.807) is 19.1 Å². The molecule has 1 aromatic carbocycles. The molecule has 0 fully saturated rings. The summed E-state index contributed by atoms with van der Waals surface area (Å²) in [7, 11) is 0. The first-order valence-corrected chi connectivity index (χ1v) is 8.08. The second-order valence-electron chi connectivity index (χ2n) is 5.79. The van der Waals surface area contributed by atoms with Crippen molar-refractivity contribution >= 4 is 23.4 Å². The molecule has 0 heterocycles. The Kier molecular flexibility index (Phi) is 7.39. The Hall–Kier alpha value is -1.55. The fourth-order valence-corrected chi connectivity index (χ4v) is 2.41. The Labute approximate surface area is 137 Å². The van der Waals surface area contributed by atoms with Gasteiger partial charge in [0.1, 0.15) is 6.04 Å². The molecule has 22 heavy (non-hydrogen) atoms. The molecule has 0 aliphatic rings. The molecule has 0 saturated heterocycles. The number of amides is 2. The number of halogens is 1. The fourth-order valence-electron chi connectivity index (χ4n) is 2.28. The van der Waals surface area contributed by atoms with E-state index in [4.69, 9.17) is 11.6 Å². The van der Waals surface area contributed by atoms with Crippen LogP contribution < -0.4 is 10.6 Å². The van der Waals surface area contributed by atoms with Gasteiger partial charge in [-0.15, -0.1) is 0 Å². The van der Waals surface area contributed by atoms with Crippen LogP contribution in [0.2, 0.25) is 5.02 Å². The summed E-state index contributed by atoms with van der Waals surface area (Å²) in [5, 5.41) is 6.22. The third kappa shape index (κ3) is 5.34. The number of rotatable bonds is 7. The van der Waals surface area contributed by atoms with Gasteiger partial charge < -0.3 is 10.6 Å². The molecule has 2 atom stereocenters. The number of carbonyl (C=O) groups is 2. The lowest BCUT2D eigenvalue weighted by Gasteiger charge is -2.23. The minimum atomic E-state index is -0.549. The maximum atomic E-state index is 12.5. The average Bonchev–Trinajstić information content (AvgIpc) is 2.46. The lowest BCUT2D eigenvalue weighted by Crippen LogP contribution is -2.47. The van der Waals surface area contributed by atoms with E-state index in [-0.39, 0.29) is 23.7 Å². The molecule has 1 aromatic rings. The average molecular weight is 325 g/mol. The molecule has 2 amide bonds. The van der Waals surface area contributed by atoms with E-state index in [0.717, 1.165) is 12.0 Å². The van der Waals surface area contributed by atoms with Gasteiger partial charge in [-0.05, 0) is 37.0 Å². The lowest BCUT2D eigenvalue weighted by atomic mass is 9.87. The van der Waals surface area contributed by atoms with E-state index in [0.29, 0.717) is 11.6 Å². The Morgan fingerprint density at radius 3 is 2.18 bits per heavy atom. The molecule has 0 aliphatic carbocycles. The minimum absolute atomic E-state index is 0.118. The molecule has 2 N–H and O–H groups in total. The predicted octanol–water partition coefficient (Wildman–Crippen LogP) is 3.11. The molecule has 0 bridgehead atoms.